The number of hydrogen-bond acceptors (Lipinski definition) is 4. The number of furan rings is 1. The van der Waals surface area contributed by atoms with Crippen molar-refractivity contribution in [1.82, 2.24) is 9.78 Å². The first-order valence-electron chi connectivity index (χ1n) is 5.22. The van der Waals surface area contributed by atoms with Gasteiger partial charge in [-0.25, -0.2) is 0 Å². The second-order valence-corrected chi connectivity index (χ2v) is 3.77. The van der Waals surface area contributed by atoms with Gasteiger partial charge in [-0.15, -0.1) is 0 Å². The van der Waals surface area contributed by atoms with Crippen LogP contribution in [0.2, 0.25) is 0 Å². The fourth-order valence-corrected chi connectivity index (χ4v) is 1.62. The molecule has 0 saturated carbocycles. The Balaban J connectivity index is 2.31. The third-order valence-corrected chi connectivity index (χ3v) is 2.52. The largest absolute Gasteiger partial charge is 0.464 e. The van der Waals surface area contributed by atoms with Crippen LogP contribution in [-0.2, 0) is 0 Å². The van der Waals surface area contributed by atoms with E-state index in [4.69, 9.17) is 15.9 Å². The van der Waals surface area contributed by atoms with Gasteiger partial charge in [0.1, 0.15) is 17.6 Å². The van der Waals surface area contributed by atoms with Gasteiger partial charge in [0, 0.05) is 12.7 Å². The summed E-state index contributed by atoms with van der Waals surface area (Å²) in [7, 11) is 0. The molecule has 0 aromatic carbocycles. The average molecular weight is 234 g/mol. The lowest BCUT2D eigenvalue weighted by Crippen LogP contribution is -2.20. The van der Waals surface area contributed by atoms with Gasteiger partial charge in [0.15, 0.2) is 0 Å². The average Bonchev–Trinajstić information content (AvgIpc) is 2.89. The topological polar surface area (TPSA) is 100 Å². The highest BCUT2D eigenvalue weighted by Crippen LogP contribution is 2.19. The molecule has 0 aliphatic heterocycles. The van der Waals surface area contributed by atoms with Crippen molar-refractivity contribution in [2.75, 3.05) is 6.54 Å². The molecule has 2 aromatic rings. The number of hydrogen-bond donors (Lipinski definition) is 2. The summed E-state index contributed by atoms with van der Waals surface area (Å²) in [5.74, 6) is 1.01. The molecule has 2 rings (SSSR count). The Morgan fingerprint density at radius 1 is 1.59 bits per heavy atom. The molecule has 2 heterocycles. The molecule has 0 bridgehead atoms. The van der Waals surface area contributed by atoms with Crippen molar-refractivity contribution >= 4 is 5.91 Å². The zero-order chi connectivity index (χ0) is 12.4. The molecule has 1 unspecified atom stereocenters. The van der Waals surface area contributed by atoms with E-state index in [-0.39, 0.29) is 6.04 Å². The van der Waals surface area contributed by atoms with Crippen LogP contribution in [-0.4, -0.2) is 22.2 Å². The Hall–Kier alpha value is -2.08. The van der Waals surface area contributed by atoms with E-state index in [0.717, 1.165) is 5.76 Å². The van der Waals surface area contributed by atoms with Gasteiger partial charge in [0.2, 0.25) is 0 Å². The summed E-state index contributed by atoms with van der Waals surface area (Å²) < 4.78 is 7.09. The summed E-state index contributed by atoms with van der Waals surface area (Å²) in [4.78, 5) is 11.0. The maximum Gasteiger partial charge on any atom is 0.251 e. The van der Waals surface area contributed by atoms with Gasteiger partial charge in [0.05, 0.1) is 11.8 Å². The molecule has 0 radical (unpaired) electrons. The SMILES string of the molecule is Cc1ccc(C(CN)n2cc(C(N)=O)cn2)o1. The number of carbonyl (C=O) groups excluding carboxylic acids is 1. The molecule has 6 nitrogen and oxygen atoms in total. The summed E-state index contributed by atoms with van der Waals surface area (Å²) >= 11 is 0. The van der Waals surface area contributed by atoms with Crippen molar-refractivity contribution in [1.29, 1.82) is 0 Å². The standard InChI is InChI=1S/C11H14N4O2/c1-7-2-3-10(17-7)9(4-12)15-6-8(5-14-15)11(13)16/h2-3,5-6,9H,4,12H2,1H3,(H2,13,16). The van der Waals surface area contributed by atoms with Crippen LogP contribution >= 0.6 is 0 Å². The predicted molar refractivity (Wildman–Crippen MR) is 61.4 cm³/mol. The molecular formula is C11H14N4O2. The van der Waals surface area contributed by atoms with E-state index < -0.39 is 5.91 Å². The van der Waals surface area contributed by atoms with Crippen LogP contribution in [0.25, 0.3) is 0 Å². The van der Waals surface area contributed by atoms with Crippen molar-refractivity contribution < 1.29 is 9.21 Å². The Labute approximate surface area is 98.2 Å². The summed E-state index contributed by atoms with van der Waals surface area (Å²) in [5.41, 5.74) is 11.2. The first-order chi connectivity index (χ1) is 8.11. The minimum absolute atomic E-state index is 0.225. The van der Waals surface area contributed by atoms with Crippen molar-refractivity contribution in [3.63, 3.8) is 0 Å². The fraction of sp³-hybridized carbons (Fsp3) is 0.273. The van der Waals surface area contributed by atoms with Crippen molar-refractivity contribution in [2.45, 2.75) is 13.0 Å². The number of nitrogens with two attached hydrogens (primary N) is 2. The number of amides is 1. The summed E-state index contributed by atoms with van der Waals surface area (Å²) in [6.45, 7) is 2.18. The van der Waals surface area contributed by atoms with Crippen LogP contribution in [0.5, 0.6) is 0 Å². The van der Waals surface area contributed by atoms with E-state index in [1.54, 1.807) is 10.9 Å². The van der Waals surface area contributed by atoms with Crippen molar-refractivity contribution in [3.05, 3.63) is 41.6 Å². The van der Waals surface area contributed by atoms with E-state index in [1.807, 2.05) is 19.1 Å². The van der Waals surface area contributed by atoms with Gasteiger partial charge in [-0.05, 0) is 19.1 Å². The number of primary amides is 1. The zero-order valence-corrected chi connectivity index (χ0v) is 9.46. The molecule has 4 N–H and O–H groups in total. The summed E-state index contributed by atoms with van der Waals surface area (Å²) in [6, 6.07) is 3.48. The first-order valence-corrected chi connectivity index (χ1v) is 5.22. The van der Waals surface area contributed by atoms with Gasteiger partial charge in [-0.1, -0.05) is 0 Å². The maximum atomic E-state index is 11.0. The third-order valence-electron chi connectivity index (χ3n) is 2.52. The normalized spacial score (nSPS) is 12.6. The van der Waals surface area contributed by atoms with E-state index >= 15 is 0 Å². The first kappa shape index (κ1) is 11.4. The second kappa shape index (κ2) is 4.42. The number of aryl methyl sites for hydroxylation is 1. The van der Waals surface area contributed by atoms with Crippen LogP contribution in [0, 0.1) is 6.92 Å². The van der Waals surface area contributed by atoms with Crippen LogP contribution in [0.15, 0.2) is 28.9 Å². The molecule has 17 heavy (non-hydrogen) atoms. The molecule has 0 saturated heterocycles. The molecule has 6 heteroatoms. The highest BCUT2D eigenvalue weighted by atomic mass is 16.3. The van der Waals surface area contributed by atoms with Gasteiger partial charge in [-0.2, -0.15) is 5.10 Å². The molecule has 2 aromatic heterocycles. The number of carbonyl (C=O) groups is 1. The van der Waals surface area contributed by atoms with E-state index in [2.05, 4.69) is 5.10 Å². The minimum atomic E-state index is -0.511. The van der Waals surface area contributed by atoms with Gasteiger partial charge < -0.3 is 15.9 Å². The molecular weight excluding hydrogens is 220 g/mol. The van der Waals surface area contributed by atoms with Crippen LogP contribution < -0.4 is 11.5 Å². The summed E-state index contributed by atoms with van der Waals surface area (Å²) in [5, 5.41) is 4.07. The Morgan fingerprint density at radius 2 is 2.35 bits per heavy atom. The Morgan fingerprint density at radius 3 is 2.82 bits per heavy atom. The lowest BCUT2D eigenvalue weighted by Gasteiger charge is -2.12. The molecule has 1 atom stereocenters. The minimum Gasteiger partial charge on any atom is -0.464 e. The predicted octanol–water partition coefficient (Wildman–Crippen LogP) is 0.432. The molecule has 0 fully saturated rings. The lowest BCUT2D eigenvalue weighted by atomic mass is 10.2. The quantitative estimate of drug-likeness (QED) is 0.801. The Kier molecular flexibility index (Phi) is 2.97. The highest BCUT2D eigenvalue weighted by Gasteiger charge is 2.17. The van der Waals surface area contributed by atoms with E-state index in [0.29, 0.717) is 17.9 Å². The van der Waals surface area contributed by atoms with Gasteiger partial charge in [-0.3, -0.25) is 9.48 Å². The van der Waals surface area contributed by atoms with Gasteiger partial charge >= 0.3 is 0 Å². The molecule has 90 valence electrons. The van der Waals surface area contributed by atoms with Gasteiger partial charge in [0.25, 0.3) is 5.91 Å². The van der Waals surface area contributed by atoms with Crippen molar-refractivity contribution in [2.24, 2.45) is 11.5 Å². The smallest absolute Gasteiger partial charge is 0.251 e. The van der Waals surface area contributed by atoms with Crippen LogP contribution in [0.3, 0.4) is 0 Å². The maximum absolute atomic E-state index is 11.0. The monoisotopic (exact) mass is 234 g/mol. The number of nitrogens with zero attached hydrogens (tertiary/aromatic N) is 2. The van der Waals surface area contributed by atoms with Crippen LogP contribution in [0.1, 0.15) is 27.9 Å². The van der Waals surface area contributed by atoms with E-state index in [9.17, 15) is 4.79 Å². The third kappa shape index (κ3) is 2.21. The molecule has 1 amide bonds. The fourth-order valence-electron chi connectivity index (χ4n) is 1.62. The number of aromatic nitrogens is 2. The molecule has 0 aliphatic carbocycles. The zero-order valence-electron chi connectivity index (χ0n) is 9.46. The molecule has 0 aliphatic rings. The second-order valence-electron chi connectivity index (χ2n) is 3.77. The summed E-state index contributed by atoms with van der Waals surface area (Å²) in [6.07, 6.45) is 2.98. The highest BCUT2D eigenvalue weighted by molar-refractivity contribution is 5.92. The molecule has 0 spiro atoms. The Bertz CT molecular complexity index is 529. The number of rotatable bonds is 4. The van der Waals surface area contributed by atoms with Crippen molar-refractivity contribution in [3.8, 4) is 0 Å². The lowest BCUT2D eigenvalue weighted by molar-refractivity contribution is 0.1000. The van der Waals surface area contributed by atoms with Crippen LogP contribution in [0.4, 0.5) is 0 Å². The van der Waals surface area contributed by atoms with E-state index in [1.165, 1.54) is 6.20 Å².